The summed E-state index contributed by atoms with van der Waals surface area (Å²) in [6.45, 7) is 3.72. The second-order valence-electron chi connectivity index (χ2n) is 6.26. The second kappa shape index (κ2) is 6.44. The molecule has 0 amide bonds. The molecule has 26 heavy (non-hydrogen) atoms. The maximum atomic E-state index is 12.8. The van der Waals surface area contributed by atoms with E-state index in [1.54, 1.807) is 22.8 Å². The first-order valence-electron chi connectivity index (χ1n) is 7.94. The van der Waals surface area contributed by atoms with Crippen LogP contribution in [0.3, 0.4) is 0 Å². The van der Waals surface area contributed by atoms with Crippen LogP contribution in [0, 0.1) is 0 Å². The van der Waals surface area contributed by atoms with Gasteiger partial charge in [-0.05, 0) is 37.6 Å². The Labute approximate surface area is 146 Å². The number of benzene rings is 1. The summed E-state index contributed by atoms with van der Waals surface area (Å²) in [5.74, 6) is 0. The summed E-state index contributed by atoms with van der Waals surface area (Å²) < 4.78 is 41.1. The Hall–Kier alpha value is -2.90. The molecule has 0 aliphatic rings. The maximum Gasteiger partial charge on any atom is 0.417 e. The van der Waals surface area contributed by atoms with Crippen LogP contribution in [0.15, 0.2) is 52.3 Å². The van der Waals surface area contributed by atoms with Crippen LogP contribution in [0.1, 0.15) is 31.0 Å². The predicted octanol–water partition coefficient (Wildman–Crippen LogP) is 3.21. The minimum atomic E-state index is -4.52. The van der Waals surface area contributed by atoms with E-state index in [4.69, 9.17) is 0 Å². The molecule has 0 radical (unpaired) electrons. The lowest BCUT2D eigenvalue weighted by atomic mass is 10.1. The van der Waals surface area contributed by atoms with Crippen molar-refractivity contribution in [3.05, 3.63) is 74.6 Å². The highest BCUT2D eigenvalue weighted by atomic mass is 19.4. The average molecular weight is 363 g/mol. The highest BCUT2D eigenvalue weighted by Gasteiger charge is 2.31. The largest absolute Gasteiger partial charge is 0.417 e. The van der Waals surface area contributed by atoms with Crippen LogP contribution in [0.5, 0.6) is 0 Å². The SMILES string of the molecule is CC(C)n1c(=O)cnc2cc(Cn3cc(C(F)(F)F)ccc3=O)ccc21. The number of hydrogen-bond acceptors (Lipinski definition) is 3. The van der Waals surface area contributed by atoms with Crippen molar-refractivity contribution in [2.45, 2.75) is 32.6 Å². The minimum Gasteiger partial charge on any atom is -0.311 e. The Kier molecular flexibility index (Phi) is 4.43. The van der Waals surface area contributed by atoms with Gasteiger partial charge in [-0.25, -0.2) is 4.98 Å². The molecule has 0 saturated carbocycles. The van der Waals surface area contributed by atoms with E-state index < -0.39 is 17.3 Å². The van der Waals surface area contributed by atoms with E-state index in [2.05, 4.69) is 4.98 Å². The van der Waals surface area contributed by atoms with E-state index in [1.807, 2.05) is 13.8 Å². The van der Waals surface area contributed by atoms with E-state index >= 15 is 0 Å². The van der Waals surface area contributed by atoms with Crippen LogP contribution in [-0.2, 0) is 12.7 Å². The van der Waals surface area contributed by atoms with Crippen LogP contribution in [-0.4, -0.2) is 14.1 Å². The average Bonchev–Trinajstić information content (AvgIpc) is 2.55. The number of rotatable bonds is 3. The standard InChI is InChI=1S/C18H16F3N3O2/c1-11(2)24-15-5-3-12(7-14(15)22-8-17(24)26)9-23-10-13(18(19,20)21)4-6-16(23)25/h3-8,10-11H,9H2,1-2H3. The zero-order valence-corrected chi connectivity index (χ0v) is 14.1. The fourth-order valence-electron chi connectivity index (χ4n) is 2.83. The first-order chi connectivity index (χ1) is 12.2. The van der Waals surface area contributed by atoms with Gasteiger partial charge in [0.2, 0.25) is 0 Å². The quantitative estimate of drug-likeness (QED) is 0.718. The summed E-state index contributed by atoms with van der Waals surface area (Å²) in [6, 6.07) is 6.64. The highest BCUT2D eigenvalue weighted by molar-refractivity contribution is 5.75. The second-order valence-corrected chi connectivity index (χ2v) is 6.26. The molecule has 0 N–H and O–H groups in total. The van der Waals surface area contributed by atoms with Gasteiger partial charge in [0, 0.05) is 18.3 Å². The topological polar surface area (TPSA) is 56.9 Å². The van der Waals surface area contributed by atoms with E-state index in [1.165, 1.54) is 6.20 Å². The zero-order chi connectivity index (χ0) is 19.1. The normalized spacial score (nSPS) is 12.1. The number of hydrogen-bond donors (Lipinski definition) is 0. The van der Waals surface area contributed by atoms with E-state index in [-0.39, 0.29) is 18.1 Å². The van der Waals surface area contributed by atoms with Crippen molar-refractivity contribution in [1.29, 1.82) is 0 Å². The molecule has 0 unspecified atom stereocenters. The van der Waals surface area contributed by atoms with Gasteiger partial charge in [-0.2, -0.15) is 13.2 Å². The third-order valence-electron chi connectivity index (χ3n) is 4.03. The van der Waals surface area contributed by atoms with Crippen molar-refractivity contribution in [2.24, 2.45) is 0 Å². The fourth-order valence-corrected chi connectivity index (χ4v) is 2.83. The predicted molar refractivity (Wildman–Crippen MR) is 91.2 cm³/mol. The van der Waals surface area contributed by atoms with Gasteiger partial charge in [0.25, 0.3) is 11.1 Å². The molecule has 0 bridgehead atoms. The Morgan fingerprint density at radius 3 is 2.46 bits per heavy atom. The summed E-state index contributed by atoms with van der Waals surface area (Å²) in [4.78, 5) is 28.0. The molecule has 0 atom stereocenters. The molecular weight excluding hydrogens is 347 g/mol. The van der Waals surface area contributed by atoms with Crippen LogP contribution >= 0.6 is 0 Å². The number of nitrogens with zero attached hydrogens (tertiary/aromatic N) is 3. The first kappa shape index (κ1) is 17.9. The molecule has 0 saturated heterocycles. The van der Waals surface area contributed by atoms with Crippen LogP contribution in [0.2, 0.25) is 0 Å². The van der Waals surface area contributed by atoms with Crippen molar-refractivity contribution < 1.29 is 13.2 Å². The summed E-state index contributed by atoms with van der Waals surface area (Å²) >= 11 is 0. The minimum absolute atomic E-state index is 0.0266. The molecule has 0 aliphatic heterocycles. The van der Waals surface area contributed by atoms with Crippen LogP contribution in [0.4, 0.5) is 13.2 Å². The molecule has 2 aromatic heterocycles. The number of aromatic nitrogens is 3. The van der Waals surface area contributed by atoms with Crippen LogP contribution in [0.25, 0.3) is 11.0 Å². The van der Waals surface area contributed by atoms with Gasteiger partial charge in [0.1, 0.15) is 0 Å². The van der Waals surface area contributed by atoms with Crippen molar-refractivity contribution >= 4 is 11.0 Å². The lowest BCUT2D eigenvalue weighted by molar-refractivity contribution is -0.138. The third-order valence-corrected chi connectivity index (χ3v) is 4.03. The van der Waals surface area contributed by atoms with E-state index in [9.17, 15) is 22.8 Å². The Bertz CT molecular complexity index is 1080. The third kappa shape index (κ3) is 3.40. The summed E-state index contributed by atoms with van der Waals surface area (Å²) in [6.07, 6.45) is -2.51. The molecule has 0 aliphatic carbocycles. The molecule has 136 valence electrons. The van der Waals surface area contributed by atoms with Gasteiger partial charge < -0.3 is 9.13 Å². The van der Waals surface area contributed by atoms with Gasteiger partial charge in [0.05, 0.1) is 29.3 Å². The smallest absolute Gasteiger partial charge is 0.311 e. The monoisotopic (exact) mass is 363 g/mol. The molecule has 2 heterocycles. The molecule has 0 fully saturated rings. The Morgan fingerprint density at radius 1 is 1.08 bits per heavy atom. The molecule has 3 rings (SSSR count). The Morgan fingerprint density at radius 2 is 1.81 bits per heavy atom. The van der Waals surface area contributed by atoms with E-state index in [0.717, 1.165) is 22.9 Å². The number of alkyl halides is 3. The van der Waals surface area contributed by atoms with Gasteiger partial charge in [0.15, 0.2) is 0 Å². The number of halogens is 3. The van der Waals surface area contributed by atoms with Crippen molar-refractivity contribution in [3.8, 4) is 0 Å². The van der Waals surface area contributed by atoms with Crippen molar-refractivity contribution in [1.82, 2.24) is 14.1 Å². The van der Waals surface area contributed by atoms with Crippen LogP contribution < -0.4 is 11.1 Å². The molecule has 1 aromatic carbocycles. The maximum absolute atomic E-state index is 12.8. The fraction of sp³-hybridized carbons (Fsp3) is 0.278. The van der Waals surface area contributed by atoms with E-state index in [0.29, 0.717) is 16.6 Å². The molecular formula is C18H16F3N3O2. The molecule has 0 spiro atoms. The highest BCUT2D eigenvalue weighted by Crippen LogP contribution is 2.28. The Balaban J connectivity index is 2.04. The zero-order valence-electron chi connectivity index (χ0n) is 14.1. The first-order valence-corrected chi connectivity index (χ1v) is 7.94. The lowest BCUT2D eigenvalue weighted by Crippen LogP contribution is -2.23. The number of pyridine rings is 1. The van der Waals surface area contributed by atoms with Gasteiger partial charge in [-0.15, -0.1) is 0 Å². The van der Waals surface area contributed by atoms with Gasteiger partial charge in [-0.1, -0.05) is 6.07 Å². The van der Waals surface area contributed by atoms with Gasteiger partial charge >= 0.3 is 6.18 Å². The molecule has 3 aromatic rings. The van der Waals surface area contributed by atoms with Crippen molar-refractivity contribution in [2.75, 3.05) is 0 Å². The number of fused-ring (bicyclic) bond motifs is 1. The van der Waals surface area contributed by atoms with Gasteiger partial charge in [-0.3, -0.25) is 9.59 Å². The van der Waals surface area contributed by atoms with Crippen molar-refractivity contribution in [3.63, 3.8) is 0 Å². The molecule has 5 nitrogen and oxygen atoms in total. The lowest BCUT2D eigenvalue weighted by Gasteiger charge is -2.14. The summed E-state index contributed by atoms with van der Waals surface area (Å²) in [7, 11) is 0. The molecule has 8 heteroatoms. The summed E-state index contributed by atoms with van der Waals surface area (Å²) in [5, 5.41) is 0. The summed E-state index contributed by atoms with van der Waals surface area (Å²) in [5.41, 5.74) is 0.140.